The minimum atomic E-state index is -0.833. The van der Waals surface area contributed by atoms with Crippen molar-refractivity contribution in [1.29, 1.82) is 0 Å². The van der Waals surface area contributed by atoms with Gasteiger partial charge in [0.15, 0.2) is 5.82 Å². The van der Waals surface area contributed by atoms with Crippen molar-refractivity contribution in [2.24, 2.45) is 0 Å². The number of aromatic nitrogens is 4. The predicted octanol–water partition coefficient (Wildman–Crippen LogP) is 5.79. The summed E-state index contributed by atoms with van der Waals surface area (Å²) in [6.07, 6.45) is 17.6. The highest BCUT2D eigenvalue weighted by Gasteiger charge is 2.21. The number of thiophene rings is 1. The van der Waals surface area contributed by atoms with Gasteiger partial charge in [-0.25, -0.2) is 5.10 Å². The van der Waals surface area contributed by atoms with Crippen molar-refractivity contribution in [3.8, 4) is 10.7 Å². The van der Waals surface area contributed by atoms with Crippen LogP contribution in [0.1, 0.15) is 75.7 Å². The van der Waals surface area contributed by atoms with Crippen molar-refractivity contribution in [1.82, 2.24) is 20.6 Å². The zero-order valence-electron chi connectivity index (χ0n) is 18.7. The van der Waals surface area contributed by atoms with Gasteiger partial charge >= 0.3 is 5.97 Å². The standard InChI is InChI=1S/C23H34N4O3S2/c1-2-3-4-5-6-7-8-9-10-11-12-13-18(31-17-16-21(28)29)22(30)19-14-15-20(32-19)23-24-26-27-25-23/h10-15,18,22,30H,2-9,16-17H2,1H3,(H,28,29)(H,24,25,26,27)/b11-10+,13-12+/t18-,22+/m1/s1. The number of hydrogen-bond donors (Lipinski definition) is 3. The number of aliphatic hydroxyl groups is 1. The van der Waals surface area contributed by atoms with Crippen LogP contribution in [0.2, 0.25) is 0 Å². The summed E-state index contributed by atoms with van der Waals surface area (Å²) in [7, 11) is 0. The average Bonchev–Trinajstić information content (AvgIpc) is 3.47. The van der Waals surface area contributed by atoms with Gasteiger partial charge in [-0.3, -0.25) is 4.79 Å². The van der Waals surface area contributed by atoms with Crippen LogP contribution in [0.4, 0.5) is 0 Å². The smallest absolute Gasteiger partial charge is 0.304 e. The second-order valence-corrected chi connectivity index (χ2v) is 10.0. The molecule has 2 rings (SSSR count). The van der Waals surface area contributed by atoms with Crippen LogP contribution in [-0.2, 0) is 4.79 Å². The molecule has 0 spiro atoms. The van der Waals surface area contributed by atoms with E-state index >= 15 is 0 Å². The van der Waals surface area contributed by atoms with Gasteiger partial charge < -0.3 is 10.2 Å². The van der Waals surface area contributed by atoms with E-state index in [-0.39, 0.29) is 11.7 Å². The Morgan fingerprint density at radius 2 is 1.97 bits per heavy atom. The minimum Gasteiger partial charge on any atom is -0.481 e. The number of hydrogen-bond acceptors (Lipinski definition) is 7. The number of thioether (sulfide) groups is 1. The molecule has 0 fully saturated rings. The molecule has 0 aliphatic rings. The molecule has 7 nitrogen and oxygen atoms in total. The number of aliphatic hydroxyl groups excluding tert-OH is 1. The summed E-state index contributed by atoms with van der Waals surface area (Å²) in [6, 6.07) is 3.73. The van der Waals surface area contributed by atoms with Crippen LogP contribution in [-0.4, -0.2) is 47.8 Å². The Morgan fingerprint density at radius 3 is 2.69 bits per heavy atom. The molecule has 0 bridgehead atoms. The summed E-state index contributed by atoms with van der Waals surface area (Å²) >= 11 is 2.87. The number of nitrogens with one attached hydrogen (secondary N) is 1. The lowest BCUT2D eigenvalue weighted by Gasteiger charge is -2.18. The molecule has 0 aliphatic heterocycles. The quantitative estimate of drug-likeness (QED) is 0.195. The van der Waals surface area contributed by atoms with Crippen molar-refractivity contribution in [2.75, 3.05) is 5.75 Å². The number of rotatable bonds is 17. The lowest BCUT2D eigenvalue weighted by Crippen LogP contribution is -2.13. The Bertz CT molecular complexity index is 821. The van der Waals surface area contributed by atoms with Crippen LogP contribution >= 0.6 is 23.1 Å². The van der Waals surface area contributed by atoms with Gasteiger partial charge in [-0.2, -0.15) is 11.8 Å². The molecule has 0 aromatic carbocycles. The molecular weight excluding hydrogens is 444 g/mol. The number of carboxylic acids is 1. The third-order valence-electron chi connectivity index (χ3n) is 4.96. The molecule has 2 aromatic rings. The highest BCUT2D eigenvalue weighted by Crippen LogP contribution is 2.35. The lowest BCUT2D eigenvalue weighted by molar-refractivity contribution is -0.136. The van der Waals surface area contributed by atoms with Gasteiger partial charge in [-0.05, 0) is 35.4 Å². The van der Waals surface area contributed by atoms with E-state index in [9.17, 15) is 9.90 Å². The van der Waals surface area contributed by atoms with E-state index in [2.05, 4.69) is 33.6 Å². The Balaban J connectivity index is 1.85. The van der Waals surface area contributed by atoms with Crippen molar-refractivity contribution in [3.63, 3.8) is 0 Å². The van der Waals surface area contributed by atoms with Crippen LogP contribution in [0.25, 0.3) is 10.7 Å². The molecule has 176 valence electrons. The highest BCUT2D eigenvalue weighted by molar-refractivity contribution is 8.00. The van der Waals surface area contributed by atoms with E-state index in [1.807, 2.05) is 30.4 Å². The number of unbranched alkanes of at least 4 members (excludes halogenated alkanes) is 7. The SMILES string of the molecule is CCCCCCCCC/C=C/C=C/[C@@H](SCCC(=O)O)[C@H](O)c1ccc(-c2nnn[nH]2)s1. The zero-order valence-corrected chi connectivity index (χ0v) is 20.3. The van der Waals surface area contributed by atoms with Gasteiger partial charge in [0.1, 0.15) is 6.10 Å². The van der Waals surface area contributed by atoms with Gasteiger partial charge in [-0.15, -0.1) is 16.4 Å². The zero-order chi connectivity index (χ0) is 23.0. The average molecular weight is 479 g/mol. The molecule has 32 heavy (non-hydrogen) atoms. The topological polar surface area (TPSA) is 112 Å². The maximum Gasteiger partial charge on any atom is 0.304 e. The predicted molar refractivity (Wildman–Crippen MR) is 132 cm³/mol. The fourth-order valence-electron chi connectivity index (χ4n) is 3.17. The first-order valence-electron chi connectivity index (χ1n) is 11.3. The summed E-state index contributed by atoms with van der Waals surface area (Å²) in [4.78, 5) is 12.5. The molecule has 0 amide bonds. The third kappa shape index (κ3) is 10.1. The van der Waals surface area contributed by atoms with Crippen molar-refractivity contribution in [2.45, 2.75) is 76.1 Å². The fourth-order valence-corrected chi connectivity index (χ4v) is 5.32. The molecule has 2 atom stereocenters. The van der Waals surface area contributed by atoms with E-state index in [4.69, 9.17) is 5.11 Å². The van der Waals surface area contributed by atoms with E-state index in [0.717, 1.165) is 16.2 Å². The summed E-state index contributed by atoms with van der Waals surface area (Å²) in [5.41, 5.74) is 0. The normalized spacial score (nSPS) is 13.8. The van der Waals surface area contributed by atoms with Gasteiger partial charge in [0.25, 0.3) is 0 Å². The molecule has 0 saturated heterocycles. The maximum absolute atomic E-state index is 10.9. The number of nitrogens with zero attached hydrogens (tertiary/aromatic N) is 3. The number of carboxylic acid groups (broad SMARTS) is 1. The van der Waals surface area contributed by atoms with Crippen molar-refractivity contribution >= 4 is 29.1 Å². The molecule has 0 unspecified atom stereocenters. The summed E-state index contributed by atoms with van der Waals surface area (Å²) < 4.78 is 0. The van der Waals surface area contributed by atoms with Gasteiger partial charge in [0.05, 0.1) is 16.5 Å². The van der Waals surface area contributed by atoms with Gasteiger partial charge in [-0.1, -0.05) is 69.8 Å². The largest absolute Gasteiger partial charge is 0.481 e. The first kappa shape index (κ1) is 26.3. The number of tetrazole rings is 1. The first-order chi connectivity index (χ1) is 15.6. The number of allylic oxidation sites excluding steroid dienone is 3. The Morgan fingerprint density at radius 1 is 1.19 bits per heavy atom. The molecule has 3 N–H and O–H groups in total. The first-order valence-corrected chi connectivity index (χ1v) is 13.2. The molecular formula is C23H34N4O3S2. The van der Waals surface area contributed by atoms with Crippen LogP contribution in [0.3, 0.4) is 0 Å². The number of aliphatic carboxylic acids is 1. The summed E-state index contributed by atoms with van der Waals surface area (Å²) in [5.74, 6) is 0.167. The van der Waals surface area contributed by atoms with E-state index in [1.165, 1.54) is 68.0 Å². The number of H-pyrrole nitrogens is 1. The Labute approximate surface area is 198 Å². The lowest BCUT2D eigenvalue weighted by atomic mass is 10.1. The Hall–Kier alpha value is -1.97. The number of carbonyl (C=O) groups is 1. The summed E-state index contributed by atoms with van der Waals surface area (Å²) in [5, 5.41) is 33.4. The fraction of sp³-hybridized carbons (Fsp3) is 0.565. The minimum absolute atomic E-state index is 0.0647. The monoisotopic (exact) mass is 478 g/mol. The molecule has 0 saturated carbocycles. The van der Waals surface area contributed by atoms with Gasteiger partial charge in [0.2, 0.25) is 0 Å². The van der Waals surface area contributed by atoms with Crippen molar-refractivity contribution in [3.05, 3.63) is 41.3 Å². The highest BCUT2D eigenvalue weighted by atomic mass is 32.2. The van der Waals surface area contributed by atoms with Crippen LogP contribution < -0.4 is 0 Å². The molecule has 9 heteroatoms. The van der Waals surface area contributed by atoms with Crippen LogP contribution in [0.5, 0.6) is 0 Å². The van der Waals surface area contributed by atoms with Crippen LogP contribution in [0.15, 0.2) is 36.4 Å². The van der Waals surface area contributed by atoms with E-state index < -0.39 is 12.1 Å². The Kier molecular flexibility index (Phi) is 13.0. The van der Waals surface area contributed by atoms with E-state index in [1.54, 1.807) is 0 Å². The second-order valence-electron chi connectivity index (χ2n) is 7.60. The van der Waals surface area contributed by atoms with Crippen LogP contribution in [0, 0.1) is 0 Å². The summed E-state index contributed by atoms with van der Waals surface area (Å²) in [6.45, 7) is 2.24. The van der Waals surface area contributed by atoms with Crippen molar-refractivity contribution < 1.29 is 15.0 Å². The van der Waals surface area contributed by atoms with Gasteiger partial charge in [0, 0.05) is 10.6 Å². The second kappa shape index (κ2) is 15.8. The molecule has 2 aromatic heterocycles. The number of aromatic amines is 1. The molecule has 2 heterocycles. The maximum atomic E-state index is 10.9. The molecule has 0 radical (unpaired) electrons. The van der Waals surface area contributed by atoms with E-state index in [0.29, 0.717) is 11.6 Å². The third-order valence-corrected chi connectivity index (χ3v) is 7.36. The molecule has 0 aliphatic carbocycles.